The fraction of sp³-hybridized carbons (Fsp3) is 0.412. The number of aromatic nitrogens is 1. The standard InChI is InChI=1S/C17H18F2N2O3/c18-12-2-1-3-13(19)17(12)14-9-21-16(24-14)5-4-15(22)20-8-11-6-7-23-10-11/h1-3,9,11H,4-8,10H2,(H,20,22)/t11-/m0/s1. The number of carbonyl (C=O) groups is 1. The molecule has 1 atom stereocenters. The van der Waals surface area contributed by atoms with Crippen LogP contribution in [0.25, 0.3) is 11.3 Å². The Bertz CT molecular complexity index is 691. The van der Waals surface area contributed by atoms with Gasteiger partial charge in [-0.25, -0.2) is 13.8 Å². The maximum Gasteiger partial charge on any atom is 0.220 e. The van der Waals surface area contributed by atoms with E-state index in [0.717, 1.165) is 25.2 Å². The molecule has 0 radical (unpaired) electrons. The third-order valence-corrected chi connectivity index (χ3v) is 3.94. The van der Waals surface area contributed by atoms with Crippen LogP contribution in [0.2, 0.25) is 0 Å². The first-order valence-corrected chi connectivity index (χ1v) is 7.87. The lowest BCUT2D eigenvalue weighted by atomic mass is 10.1. The van der Waals surface area contributed by atoms with Gasteiger partial charge in [-0.1, -0.05) is 6.07 Å². The summed E-state index contributed by atoms with van der Waals surface area (Å²) >= 11 is 0. The molecule has 1 aliphatic rings. The number of nitrogens with one attached hydrogen (secondary N) is 1. The number of hydrogen-bond acceptors (Lipinski definition) is 4. The van der Waals surface area contributed by atoms with Crippen LogP contribution in [0.15, 0.2) is 28.8 Å². The third kappa shape index (κ3) is 3.97. The average molecular weight is 336 g/mol. The number of hydrogen-bond donors (Lipinski definition) is 1. The van der Waals surface area contributed by atoms with Crippen molar-refractivity contribution in [1.29, 1.82) is 0 Å². The van der Waals surface area contributed by atoms with Crippen molar-refractivity contribution in [3.63, 3.8) is 0 Å². The summed E-state index contributed by atoms with van der Waals surface area (Å²) in [4.78, 5) is 15.8. The highest BCUT2D eigenvalue weighted by atomic mass is 19.1. The predicted molar refractivity (Wildman–Crippen MR) is 82.1 cm³/mol. The number of amides is 1. The van der Waals surface area contributed by atoms with Crippen LogP contribution >= 0.6 is 0 Å². The molecule has 1 aromatic carbocycles. The minimum absolute atomic E-state index is 0.0177. The molecule has 1 amide bonds. The largest absolute Gasteiger partial charge is 0.441 e. The van der Waals surface area contributed by atoms with Crippen LogP contribution in [0, 0.1) is 17.6 Å². The highest BCUT2D eigenvalue weighted by Crippen LogP contribution is 2.26. The third-order valence-electron chi connectivity index (χ3n) is 3.94. The monoisotopic (exact) mass is 336 g/mol. The van der Waals surface area contributed by atoms with Gasteiger partial charge in [0.15, 0.2) is 11.7 Å². The summed E-state index contributed by atoms with van der Waals surface area (Å²) in [6.07, 6.45) is 2.69. The van der Waals surface area contributed by atoms with Crippen molar-refractivity contribution in [2.24, 2.45) is 5.92 Å². The molecule has 1 saturated heterocycles. The minimum Gasteiger partial charge on any atom is -0.441 e. The van der Waals surface area contributed by atoms with Gasteiger partial charge in [0.25, 0.3) is 0 Å². The molecule has 5 nitrogen and oxygen atoms in total. The molecule has 0 spiro atoms. The van der Waals surface area contributed by atoms with Crippen LogP contribution in [-0.2, 0) is 16.0 Å². The second-order valence-electron chi connectivity index (χ2n) is 5.75. The molecule has 0 saturated carbocycles. The Hall–Kier alpha value is -2.28. The molecular formula is C17H18F2N2O3. The van der Waals surface area contributed by atoms with Gasteiger partial charge in [-0.2, -0.15) is 0 Å². The number of ether oxygens (including phenoxy) is 1. The zero-order chi connectivity index (χ0) is 16.9. The van der Waals surface area contributed by atoms with Crippen LogP contribution in [0.5, 0.6) is 0 Å². The molecule has 1 aliphatic heterocycles. The van der Waals surface area contributed by atoms with Crippen LogP contribution < -0.4 is 5.32 Å². The Morgan fingerprint density at radius 2 is 2.12 bits per heavy atom. The molecule has 3 rings (SSSR count). The fourth-order valence-electron chi connectivity index (χ4n) is 2.59. The summed E-state index contributed by atoms with van der Waals surface area (Å²) in [6.45, 7) is 2.01. The SMILES string of the molecule is O=C(CCc1ncc(-c2c(F)cccc2F)o1)NC[C@@H]1CCOC1. The van der Waals surface area contributed by atoms with E-state index in [4.69, 9.17) is 9.15 Å². The van der Waals surface area contributed by atoms with Gasteiger partial charge in [-0.15, -0.1) is 0 Å². The summed E-state index contributed by atoms with van der Waals surface area (Å²) in [5.41, 5.74) is -0.248. The number of carbonyl (C=O) groups excluding carboxylic acids is 1. The predicted octanol–water partition coefficient (Wildman–Crippen LogP) is 2.71. The van der Waals surface area contributed by atoms with E-state index in [1.54, 1.807) is 0 Å². The Morgan fingerprint density at radius 1 is 1.33 bits per heavy atom. The molecule has 1 fully saturated rings. The number of rotatable bonds is 6. The zero-order valence-corrected chi connectivity index (χ0v) is 13.1. The van der Waals surface area contributed by atoms with Crippen LogP contribution in [-0.4, -0.2) is 30.6 Å². The van der Waals surface area contributed by atoms with E-state index < -0.39 is 11.6 Å². The van der Waals surface area contributed by atoms with E-state index >= 15 is 0 Å². The first-order chi connectivity index (χ1) is 11.6. The van der Waals surface area contributed by atoms with E-state index in [2.05, 4.69) is 10.3 Å². The van der Waals surface area contributed by atoms with Gasteiger partial charge in [0, 0.05) is 31.9 Å². The summed E-state index contributed by atoms with van der Waals surface area (Å²) in [7, 11) is 0. The van der Waals surface area contributed by atoms with Gasteiger partial charge < -0.3 is 14.5 Å². The van der Waals surface area contributed by atoms with E-state index in [1.807, 2.05) is 0 Å². The Labute approximate surface area is 138 Å². The Morgan fingerprint density at radius 3 is 2.83 bits per heavy atom. The molecule has 7 heteroatoms. The topological polar surface area (TPSA) is 64.4 Å². The molecule has 2 heterocycles. The van der Waals surface area contributed by atoms with E-state index in [9.17, 15) is 13.6 Å². The van der Waals surface area contributed by atoms with Gasteiger partial charge in [-0.05, 0) is 18.6 Å². The number of oxazole rings is 1. The van der Waals surface area contributed by atoms with E-state index in [1.165, 1.54) is 12.3 Å². The second-order valence-corrected chi connectivity index (χ2v) is 5.75. The zero-order valence-electron chi connectivity index (χ0n) is 13.1. The summed E-state index contributed by atoms with van der Waals surface area (Å²) < 4.78 is 38.0. The molecule has 0 unspecified atom stereocenters. The summed E-state index contributed by atoms with van der Waals surface area (Å²) in [5, 5.41) is 2.84. The minimum atomic E-state index is -0.714. The molecule has 24 heavy (non-hydrogen) atoms. The second kappa shape index (κ2) is 7.53. The highest BCUT2D eigenvalue weighted by Gasteiger charge is 2.18. The van der Waals surface area contributed by atoms with Crippen LogP contribution in [0.1, 0.15) is 18.7 Å². The number of benzene rings is 1. The average Bonchev–Trinajstić information content (AvgIpc) is 3.23. The number of nitrogens with zero attached hydrogens (tertiary/aromatic N) is 1. The van der Waals surface area contributed by atoms with Gasteiger partial charge in [0.05, 0.1) is 18.4 Å². The smallest absolute Gasteiger partial charge is 0.220 e. The van der Waals surface area contributed by atoms with Crippen molar-refractivity contribution in [2.75, 3.05) is 19.8 Å². The lowest BCUT2D eigenvalue weighted by Gasteiger charge is -2.08. The highest BCUT2D eigenvalue weighted by molar-refractivity contribution is 5.76. The first-order valence-electron chi connectivity index (χ1n) is 7.87. The van der Waals surface area contributed by atoms with Gasteiger partial charge >= 0.3 is 0 Å². The lowest BCUT2D eigenvalue weighted by Crippen LogP contribution is -2.29. The van der Waals surface area contributed by atoms with Crippen molar-refractivity contribution in [3.8, 4) is 11.3 Å². The normalized spacial score (nSPS) is 17.2. The van der Waals surface area contributed by atoms with Crippen molar-refractivity contribution >= 4 is 5.91 Å². The van der Waals surface area contributed by atoms with Crippen molar-refractivity contribution in [1.82, 2.24) is 10.3 Å². The number of halogens is 2. The van der Waals surface area contributed by atoms with Gasteiger partial charge in [0.1, 0.15) is 11.6 Å². The first kappa shape index (κ1) is 16.6. The molecule has 0 aliphatic carbocycles. The van der Waals surface area contributed by atoms with Crippen LogP contribution in [0.4, 0.5) is 8.78 Å². The van der Waals surface area contributed by atoms with Gasteiger partial charge in [0.2, 0.25) is 5.91 Å². The summed E-state index contributed by atoms with van der Waals surface area (Å²) in [6, 6.07) is 3.59. The maximum atomic E-state index is 13.7. The maximum absolute atomic E-state index is 13.7. The van der Waals surface area contributed by atoms with Gasteiger partial charge in [-0.3, -0.25) is 4.79 Å². The lowest BCUT2D eigenvalue weighted by molar-refractivity contribution is -0.121. The molecular weight excluding hydrogens is 318 g/mol. The summed E-state index contributed by atoms with van der Waals surface area (Å²) in [5.74, 6) is -0.885. The fourth-order valence-corrected chi connectivity index (χ4v) is 2.59. The molecule has 1 aromatic heterocycles. The number of aryl methyl sites for hydroxylation is 1. The van der Waals surface area contributed by atoms with E-state index in [-0.39, 0.29) is 36.0 Å². The quantitative estimate of drug-likeness (QED) is 0.881. The molecule has 1 N–H and O–H groups in total. The van der Waals surface area contributed by atoms with E-state index in [0.29, 0.717) is 19.1 Å². The van der Waals surface area contributed by atoms with Crippen LogP contribution in [0.3, 0.4) is 0 Å². The van der Waals surface area contributed by atoms with Crippen molar-refractivity contribution in [3.05, 3.63) is 41.9 Å². The Kier molecular flexibility index (Phi) is 5.20. The van der Waals surface area contributed by atoms with Crippen molar-refractivity contribution < 1.29 is 22.7 Å². The van der Waals surface area contributed by atoms with Crippen molar-refractivity contribution in [2.45, 2.75) is 19.3 Å². The molecule has 128 valence electrons. The Balaban J connectivity index is 1.53. The molecule has 0 bridgehead atoms. The molecule has 2 aromatic rings.